The van der Waals surface area contributed by atoms with Crippen molar-refractivity contribution in [3.8, 4) is 5.75 Å². The number of halogens is 1. The number of aromatic amines is 1. The van der Waals surface area contributed by atoms with Gasteiger partial charge >= 0.3 is 0 Å². The topological polar surface area (TPSA) is 71.2 Å². The molecule has 0 spiro atoms. The van der Waals surface area contributed by atoms with Crippen molar-refractivity contribution in [2.75, 3.05) is 11.9 Å². The van der Waals surface area contributed by atoms with E-state index in [1.165, 1.54) is 18.5 Å². The smallest absolute Gasteiger partial charge is 0.261 e. The minimum atomic E-state index is -0.471. The van der Waals surface area contributed by atoms with Crippen molar-refractivity contribution in [3.05, 3.63) is 58.0 Å². The van der Waals surface area contributed by atoms with E-state index < -0.39 is 5.91 Å². The summed E-state index contributed by atoms with van der Waals surface area (Å²) < 4.78 is 5.44. The molecule has 2 aromatic rings. The Morgan fingerprint density at radius 2 is 2.19 bits per heavy atom. The van der Waals surface area contributed by atoms with Crippen LogP contribution in [-0.4, -0.2) is 17.5 Å². The lowest BCUT2D eigenvalue weighted by Crippen LogP contribution is -2.20. The molecule has 0 aliphatic rings. The molecule has 0 fully saturated rings. The number of H-pyrrole nitrogens is 1. The van der Waals surface area contributed by atoms with Crippen molar-refractivity contribution in [2.45, 2.75) is 12.8 Å². The number of ether oxygens (including phenoxy) is 1. The van der Waals surface area contributed by atoms with Crippen LogP contribution >= 0.6 is 11.6 Å². The molecule has 2 rings (SSSR count). The third-order valence-corrected chi connectivity index (χ3v) is 3.12. The summed E-state index contributed by atoms with van der Waals surface area (Å²) in [4.78, 5) is 26.4. The molecule has 0 radical (unpaired) electrons. The van der Waals surface area contributed by atoms with E-state index in [0.29, 0.717) is 18.0 Å². The second kappa shape index (κ2) is 6.95. The fourth-order valence-electron chi connectivity index (χ4n) is 1.85. The monoisotopic (exact) mass is 306 g/mol. The summed E-state index contributed by atoms with van der Waals surface area (Å²) in [5, 5.41) is 2.67. The van der Waals surface area contributed by atoms with Crippen LogP contribution in [0.15, 0.2) is 41.5 Å². The largest absolute Gasteiger partial charge is 0.494 e. The van der Waals surface area contributed by atoms with Crippen LogP contribution in [0.5, 0.6) is 5.75 Å². The number of anilines is 1. The number of amides is 1. The fourth-order valence-corrected chi connectivity index (χ4v) is 2.06. The lowest BCUT2D eigenvalue weighted by molar-refractivity contribution is 0.102. The molecule has 2 N–H and O–H groups in total. The quantitative estimate of drug-likeness (QED) is 0.834. The van der Waals surface area contributed by atoms with Gasteiger partial charge in [0.05, 0.1) is 12.5 Å². The van der Waals surface area contributed by atoms with E-state index in [-0.39, 0.29) is 16.9 Å². The highest BCUT2D eigenvalue weighted by atomic mass is 35.5. The highest BCUT2D eigenvalue weighted by Gasteiger charge is 2.11. The van der Waals surface area contributed by atoms with E-state index in [2.05, 4.69) is 10.3 Å². The molecule has 110 valence electrons. The Bertz CT molecular complexity index is 697. The van der Waals surface area contributed by atoms with Crippen molar-refractivity contribution in [2.24, 2.45) is 0 Å². The summed E-state index contributed by atoms with van der Waals surface area (Å²) >= 11 is 5.87. The molecule has 0 aliphatic heterocycles. The second-order valence-corrected chi connectivity index (χ2v) is 4.53. The maximum atomic E-state index is 12.0. The van der Waals surface area contributed by atoms with Gasteiger partial charge in [-0.1, -0.05) is 0 Å². The van der Waals surface area contributed by atoms with Gasteiger partial charge in [-0.2, -0.15) is 0 Å². The Labute approximate surface area is 126 Å². The minimum Gasteiger partial charge on any atom is -0.494 e. The van der Waals surface area contributed by atoms with E-state index >= 15 is 0 Å². The number of benzene rings is 1. The SMILES string of the molecule is CCOc1ccc(NC(=O)c2c[nH]ccc2=O)cc1CCl. The number of hydrogen-bond donors (Lipinski definition) is 2. The zero-order chi connectivity index (χ0) is 15.2. The predicted octanol–water partition coefficient (Wildman–Crippen LogP) is 2.76. The Morgan fingerprint density at radius 1 is 1.38 bits per heavy atom. The molecule has 21 heavy (non-hydrogen) atoms. The number of alkyl halides is 1. The molecule has 0 atom stereocenters. The van der Waals surface area contributed by atoms with Gasteiger partial charge in [0.15, 0.2) is 5.43 Å². The van der Waals surface area contributed by atoms with E-state index in [9.17, 15) is 9.59 Å². The predicted molar refractivity (Wildman–Crippen MR) is 82.2 cm³/mol. The second-order valence-electron chi connectivity index (χ2n) is 4.27. The summed E-state index contributed by atoms with van der Waals surface area (Å²) in [5.41, 5.74) is 1.05. The van der Waals surface area contributed by atoms with Crippen LogP contribution in [0.3, 0.4) is 0 Å². The van der Waals surface area contributed by atoms with Crippen LogP contribution in [0.2, 0.25) is 0 Å². The molecule has 6 heteroatoms. The van der Waals surface area contributed by atoms with Crippen molar-refractivity contribution >= 4 is 23.2 Å². The van der Waals surface area contributed by atoms with Gasteiger partial charge in [-0.25, -0.2) is 0 Å². The summed E-state index contributed by atoms with van der Waals surface area (Å²) in [6, 6.07) is 6.48. The standard InChI is InChI=1S/C15H15ClN2O3/c1-2-21-14-4-3-11(7-10(14)8-16)18-15(20)12-9-17-6-5-13(12)19/h3-7,9H,2,8H2,1H3,(H,17,19)(H,18,20). The van der Waals surface area contributed by atoms with Crippen LogP contribution in [-0.2, 0) is 5.88 Å². The first kappa shape index (κ1) is 15.1. The van der Waals surface area contributed by atoms with Crippen LogP contribution in [0.25, 0.3) is 0 Å². The molecule has 0 bridgehead atoms. The van der Waals surface area contributed by atoms with Gasteiger partial charge in [0, 0.05) is 29.7 Å². The lowest BCUT2D eigenvalue weighted by atomic mass is 10.2. The molecule has 1 amide bonds. The lowest BCUT2D eigenvalue weighted by Gasteiger charge is -2.11. The number of carbonyl (C=O) groups is 1. The molecule has 1 aromatic heterocycles. The highest BCUT2D eigenvalue weighted by molar-refractivity contribution is 6.17. The first-order valence-electron chi connectivity index (χ1n) is 6.46. The number of pyridine rings is 1. The van der Waals surface area contributed by atoms with Crippen molar-refractivity contribution in [1.29, 1.82) is 0 Å². The van der Waals surface area contributed by atoms with Gasteiger partial charge < -0.3 is 15.0 Å². The molecule has 0 unspecified atom stereocenters. The average molecular weight is 307 g/mol. The van der Waals surface area contributed by atoms with E-state index in [1.807, 2.05) is 6.92 Å². The number of rotatable bonds is 5. The first-order valence-corrected chi connectivity index (χ1v) is 6.99. The molecule has 1 heterocycles. The number of carbonyl (C=O) groups excluding carboxylic acids is 1. The fraction of sp³-hybridized carbons (Fsp3) is 0.200. The van der Waals surface area contributed by atoms with Crippen molar-refractivity contribution < 1.29 is 9.53 Å². The molecule has 1 aromatic carbocycles. The maximum Gasteiger partial charge on any atom is 0.261 e. The minimum absolute atomic E-state index is 0.0545. The van der Waals surface area contributed by atoms with E-state index in [4.69, 9.17) is 16.3 Å². The molecule has 0 aliphatic carbocycles. The van der Waals surface area contributed by atoms with Gasteiger partial charge in [-0.05, 0) is 25.1 Å². The zero-order valence-corrected chi connectivity index (χ0v) is 12.2. The zero-order valence-electron chi connectivity index (χ0n) is 11.5. The van der Waals surface area contributed by atoms with E-state index in [0.717, 1.165) is 5.56 Å². The van der Waals surface area contributed by atoms with Crippen molar-refractivity contribution in [3.63, 3.8) is 0 Å². The third-order valence-electron chi connectivity index (χ3n) is 2.83. The Hall–Kier alpha value is -2.27. The van der Waals surface area contributed by atoms with Crippen molar-refractivity contribution in [1.82, 2.24) is 4.98 Å². The van der Waals surface area contributed by atoms with Gasteiger partial charge in [-0.3, -0.25) is 9.59 Å². The van der Waals surface area contributed by atoms with Gasteiger partial charge in [-0.15, -0.1) is 11.6 Å². The summed E-state index contributed by atoms with van der Waals surface area (Å²) in [6.45, 7) is 2.42. The van der Waals surface area contributed by atoms with Crippen LogP contribution in [0.1, 0.15) is 22.8 Å². The molecular weight excluding hydrogens is 292 g/mol. The molecule has 0 saturated heterocycles. The molecule has 5 nitrogen and oxygen atoms in total. The Balaban J connectivity index is 2.22. The summed E-state index contributed by atoms with van der Waals surface area (Å²) in [5.74, 6) is 0.481. The summed E-state index contributed by atoms with van der Waals surface area (Å²) in [7, 11) is 0. The Morgan fingerprint density at radius 3 is 2.86 bits per heavy atom. The average Bonchev–Trinajstić information content (AvgIpc) is 2.49. The first-order chi connectivity index (χ1) is 10.2. The van der Waals surface area contributed by atoms with Gasteiger partial charge in [0.25, 0.3) is 5.91 Å². The van der Waals surface area contributed by atoms with Crippen LogP contribution in [0.4, 0.5) is 5.69 Å². The van der Waals surface area contributed by atoms with Gasteiger partial charge in [0.1, 0.15) is 11.3 Å². The highest BCUT2D eigenvalue weighted by Crippen LogP contribution is 2.24. The normalized spacial score (nSPS) is 10.2. The maximum absolute atomic E-state index is 12.0. The summed E-state index contributed by atoms with van der Waals surface area (Å²) in [6.07, 6.45) is 2.84. The van der Waals surface area contributed by atoms with E-state index in [1.54, 1.807) is 18.2 Å². The number of aromatic nitrogens is 1. The van der Waals surface area contributed by atoms with Crippen LogP contribution < -0.4 is 15.5 Å². The third kappa shape index (κ3) is 3.64. The number of nitrogens with one attached hydrogen (secondary N) is 2. The molecule has 0 saturated carbocycles. The van der Waals surface area contributed by atoms with Gasteiger partial charge in [0.2, 0.25) is 0 Å². The number of hydrogen-bond acceptors (Lipinski definition) is 3. The van der Waals surface area contributed by atoms with Crippen LogP contribution in [0, 0.1) is 0 Å². The Kier molecular flexibility index (Phi) is 5.00. The molecular formula is C15H15ClN2O3.